The molecule has 148 valence electrons. The summed E-state index contributed by atoms with van der Waals surface area (Å²) in [5.41, 5.74) is 7.72. The quantitative estimate of drug-likeness (QED) is 0.774. The van der Waals surface area contributed by atoms with Gasteiger partial charge in [0.25, 0.3) is 0 Å². The van der Waals surface area contributed by atoms with Crippen LogP contribution in [0.2, 0.25) is 0 Å². The number of nitrogens with two attached hydrogens (primary N) is 1. The van der Waals surface area contributed by atoms with Crippen LogP contribution in [0, 0.1) is 5.82 Å². The smallest absolute Gasteiger partial charge is 0.241 e. The summed E-state index contributed by atoms with van der Waals surface area (Å²) in [4.78, 5) is 28.8. The molecule has 1 fully saturated rings. The second-order valence-corrected chi connectivity index (χ2v) is 7.01. The van der Waals surface area contributed by atoms with Gasteiger partial charge in [0.1, 0.15) is 5.82 Å². The van der Waals surface area contributed by atoms with E-state index in [0.29, 0.717) is 44.0 Å². The van der Waals surface area contributed by atoms with Crippen molar-refractivity contribution in [1.82, 2.24) is 9.80 Å². The van der Waals surface area contributed by atoms with Crippen LogP contribution in [0.25, 0.3) is 0 Å². The topological polar surface area (TPSA) is 78.7 Å². The summed E-state index contributed by atoms with van der Waals surface area (Å²) >= 11 is 0. The van der Waals surface area contributed by atoms with E-state index in [1.165, 1.54) is 12.1 Å². The van der Waals surface area contributed by atoms with E-state index in [1.54, 1.807) is 24.3 Å². The molecule has 6 nitrogen and oxygen atoms in total. The Balaban J connectivity index is 1.49. The maximum Gasteiger partial charge on any atom is 0.241 e. The molecule has 1 aliphatic rings. The molecule has 1 aliphatic heterocycles. The largest absolute Gasteiger partial charge is 0.399 e. The van der Waals surface area contributed by atoms with E-state index < -0.39 is 5.82 Å². The van der Waals surface area contributed by atoms with Crippen LogP contribution in [0.15, 0.2) is 48.5 Å². The molecule has 2 amide bonds. The third kappa shape index (κ3) is 5.07. The van der Waals surface area contributed by atoms with Crippen LogP contribution in [0.1, 0.15) is 12.5 Å². The highest BCUT2D eigenvalue weighted by Crippen LogP contribution is 2.14. The van der Waals surface area contributed by atoms with Crippen molar-refractivity contribution in [3.05, 3.63) is 59.9 Å². The molecule has 0 aromatic heterocycles. The van der Waals surface area contributed by atoms with Crippen LogP contribution < -0.4 is 11.1 Å². The van der Waals surface area contributed by atoms with Crippen LogP contribution in [0.4, 0.5) is 15.8 Å². The fourth-order valence-electron chi connectivity index (χ4n) is 3.26. The van der Waals surface area contributed by atoms with Gasteiger partial charge in [-0.15, -0.1) is 0 Å². The first-order chi connectivity index (χ1) is 13.4. The minimum Gasteiger partial charge on any atom is -0.399 e. The zero-order valence-electron chi connectivity index (χ0n) is 15.9. The summed E-state index contributed by atoms with van der Waals surface area (Å²) in [6.45, 7) is 4.20. The van der Waals surface area contributed by atoms with Crippen LogP contribution >= 0.6 is 0 Å². The minimum absolute atomic E-state index is 0.0706. The summed E-state index contributed by atoms with van der Waals surface area (Å²) in [5, 5.41) is 2.74. The molecule has 1 heterocycles. The molecule has 0 bridgehead atoms. The number of carbonyl (C=O) groups excluding carboxylic acids is 2. The summed E-state index contributed by atoms with van der Waals surface area (Å²) in [5.74, 6) is -0.507. The predicted molar refractivity (Wildman–Crippen MR) is 107 cm³/mol. The molecule has 0 saturated carbocycles. The summed E-state index contributed by atoms with van der Waals surface area (Å²) in [6, 6.07) is 12.8. The van der Waals surface area contributed by atoms with Gasteiger partial charge >= 0.3 is 0 Å². The number of benzene rings is 2. The molecule has 7 heteroatoms. The number of nitrogen functional groups attached to an aromatic ring is 1. The molecule has 2 aromatic carbocycles. The van der Waals surface area contributed by atoms with Crippen LogP contribution in [0.5, 0.6) is 0 Å². The van der Waals surface area contributed by atoms with Gasteiger partial charge in [0.05, 0.1) is 12.5 Å². The van der Waals surface area contributed by atoms with E-state index in [9.17, 15) is 14.0 Å². The highest BCUT2D eigenvalue weighted by Gasteiger charge is 2.27. The summed E-state index contributed by atoms with van der Waals surface area (Å²) in [6.07, 6.45) is 0.343. The maximum atomic E-state index is 13.3. The van der Waals surface area contributed by atoms with E-state index in [2.05, 4.69) is 5.32 Å². The lowest BCUT2D eigenvalue weighted by Gasteiger charge is -2.37. The Labute approximate surface area is 164 Å². The zero-order chi connectivity index (χ0) is 20.1. The molecule has 3 N–H and O–H groups in total. The van der Waals surface area contributed by atoms with E-state index in [0.717, 1.165) is 5.56 Å². The molecule has 0 radical (unpaired) electrons. The molecular formula is C21H25FN4O2. The van der Waals surface area contributed by atoms with Crippen molar-refractivity contribution in [2.45, 2.75) is 19.4 Å². The average molecular weight is 384 g/mol. The van der Waals surface area contributed by atoms with Crippen molar-refractivity contribution in [2.24, 2.45) is 0 Å². The lowest BCUT2D eigenvalue weighted by atomic mass is 10.1. The number of anilines is 2. The zero-order valence-corrected chi connectivity index (χ0v) is 15.9. The standard InChI is InChI=1S/C21H25FN4O2/c1-15(21(28)24-19-4-2-3-17(22)14-19)25-9-11-26(12-10-25)20(27)13-16-5-7-18(23)8-6-16/h2-8,14-15H,9-13,23H2,1H3,(H,24,28). The molecule has 1 atom stereocenters. The fourth-order valence-corrected chi connectivity index (χ4v) is 3.26. The van der Waals surface area contributed by atoms with Gasteiger partial charge < -0.3 is 16.0 Å². The van der Waals surface area contributed by atoms with E-state index in [4.69, 9.17) is 5.73 Å². The first-order valence-electron chi connectivity index (χ1n) is 9.35. The lowest BCUT2D eigenvalue weighted by molar-refractivity contribution is -0.133. The summed E-state index contributed by atoms with van der Waals surface area (Å²) < 4.78 is 13.3. The number of nitrogens with one attached hydrogen (secondary N) is 1. The van der Waals surface area contributed by atoms with Crippen LogP contribution in [-0.4, -0.2) is 53.8 Å². The Bertz CT molecular complexity index is 833. The monoisotopic (exact) mass is 384 g/mol. The van der Waals surface area contributed by atoms with Gasteiger partial charge in [0, 0.05) is 37.6 Å². The number of hydrogen-bond donors (Lipinski definition) is 2. The van der Waals surface area contributed by atoms with Gasteiger partial charge in [-0.2, -0.15) is 0 Å². The highest BCUT2D eigenvalue weighted by atomic mass is 19.1. The number of nitrogens with zero attached hydrogens (tertiary/aromatic N) is 2. The SMILES string of the molecule is CC(C(=O)Nc1cccc(F)c1)N1CCN(C(=O)Cc2ccc(N)cc2)CC1. The maximum absolute atomic E-state index is 13.3. The highest BCUT2D eigenvalue weighted by molar-refractivity contribution is 5.94. The van der Waals surface area contributed by atoms with Gasteiger partial charge in [0.15, 0.2) is 0 Å². The van der Waals surface area contributed by atoms with Crippen molar-refractivity contribution in [1.29, 1.82) is 0 Å². The van der Waals surface area contributed by atoms with Crippen molar-refractivity contribution >= 4 is 23.2 Å². The second-order valence-electron chi connectivity index (χ2n) is 7.01. The average Bonchev–Trinajstić information content (AvgIpc) is 2.69. The Kier molecular flexibility index (Phi) is 6.26. The van der Waals surface area contributed by atoms with E-state index in [1.807, 2.05) is 28.9 Å². The number of rotatable bonds is 5. The Morgan fingerprint density at radius 1 is 1.11 bits per heavy atom. The number of amides is 2. The second kappa shape index (κ2) is 8.84. The first kappa shape index (κ1) is 19.8. The van der Waals surface area contributed by atoms with Gasteiger partial charge in [-0.25, -0.2) is 4.39 Å². The van der Waals surface area contributed by atoms with Crippen LogP contribution in [-0.2, 0) is 16.0 Å². The van der Waals surface area contributed by atoms with Gasteiger partial charge in [0.2, 0.25) is 11.8 Å². The summed E-state index contributed by atoms with van der Waals surface area (Å²) in [7, 11) is 0. The minimum atomic E-state index is -0.390. The molecule has 0 spiro atoms. The Morgan fingerprint density at radius 3 is 2.43 bits per heavy atom. The fraction of sp³-hybridized carbons (Fsp3) is 0.333. The molecule has 28 heavy (non-hydrogen) atoms. The van der Waals surface area contributed by atoms with Gasteiger partial charge in [-0.05, 0) is 42.8 Å². The normalized spacial score (nSPS) is 15.9. The van der Waals surface area contributed by atoms with Crippen molar-refractivity contribution < 1.29 is 14.0 Å². The van der Waals surface area contributed by atoms with Crippen molar-refractivity contribution in [3.8, 4) is 0 Å². The van der Waals surface area contributed by atoms with E-state index >= 15 is 0 Å². The number of halogens is 1. The van der Waals surface area contributed by atoms with Gasteiger partial charge in [-0.1, -0.05) is 18.2 Å². The van der Waals surface area contributed by atoms with Crippen LogP contribution in [0.3, 0.4) is 0 Å². The van der Waals surface area contributed by atoms with Crippen molar-refractivity contribution in [3.63, 3.8) is 0 Å². The molecular weight excluding hydrogens is 359 g/mol. The van der Waals surface area contributed by atoms with Crippen molar-refractivity contribution in [2.75, 3.05) is 37.2 Å². The third-order valence-corrected chi connectivity index (χ3v) is 5.02. The van der Waals surface area contributed by atoms with E-state index in [-0.39, 0.29) is 17.9 Å². The predicted octanol–water partition coefficient (Wildman–Crippen LogP) is 2.12. The lowest BCUT2D eigenvalue weighted by Crippen LogP contribution is -2.54. The molecule has 3 rings (SSSR count). The van der Waals surface area contributed by atoms with Gasteiger partial charge in [-0.3, -0.25) is 14.5 Å². The molecule has 1 unspecified atom stereocenters. The Hall–Kier alpha value is -2.93. The first-order valence-corrected chi connectivity index (χ1v) is 9.35. The number of piperazine rings is 1. The third-order valence-electron chi connectivity index (χ3n) is 5.02. The number of carbonyl (C=O) groups is 2. The molecule has 0 aliphatic carbocycles. The Morgan fingerprint density at radius 2 is 1.79 bits per heavy atom. The number of hydrogen-bond acceptors (Lipinski definition) is 4. The molecule has 2 aromatic rings. The molecule has 1 saturated heterocycles.